The molecule has 0 saturated heterocycles. The van der Waals surface area contributed by atoms with Gasteiger partial charge in [0, 0.05) is 17.6 Å². The van der Waals surface area contributed by atoms with Crippen LogP contribution in [0.2, 0.25) is 5.02 Å². The molecule has 0 unspecified atom stereocenters. The quantitative estimate of drug-likeness (QED) is 0.595. The van der Waals surface area contributed by atoms with E-state index in [1.165, 1.54) is 17.0 Å². The number of halogens is 2. The Labute approximate surface area is 182 Å². The van der Waals surface area contributed by atoms with Crippen LogP contribution in [0.3, 0.4) is 0 Å². The van der Waals surface area contributed by atoms with Crippen molar-refractivity contribution in [2.24, 2.45) is 0 Å². The van der Waals surface area contributed by atoms with Crippen molar-refractivity contribution in [1.82, 2.24) is 10.2 Å². The molecule has 0 heterocycles. The zero-order chi connectivity index (χ0) is 22.1. The third-order valence-electron chi connectivity index (χ3n) is 4.84. The van der Waals surface area contributed by atoms with Gasteiger partial charge in [-0.15, -0.1) is 0 Å². The van der Waals surface area contributed by atoms with Gasteiger partial charge >= 0.3 is 0 Å². The molecule has 0 radical (unpaired) electrons. The first-order valence-electron chi connectivity index (χ1n) is 10.1. The van der Waals surface area contributed by atoms with Crippen LogP contribution >= 0.6 is 11.6 Å². The number of ether oxygens (including phenoxy) is 1. The highest BCUT2D eigenvalue weighted by Gasteiger charge is 2.29. The summed E-state index contributed by atoms with van der Waals surface area (Å²) < 4.78 is 19.2. The Balaban J connectivity index is 2.21. The van der Waals surface area contributed by atoms with Gasteiger partial charge in [-0.3, -0.25) is 9.59 Å². The number of amides is 2. The van der Waals surface area contributed by atoms with E-state index >= 15 is 0 Å². The predicted molar refractivity (Wildman–Crippen MR) is 116 cm³/mol. The van der Waals surface area contributed by atoms with Gasteiger partial charge in [-0.1, -0.05) is 49.7 Å². The molecule has 2 atom stereocenters. The van der Waals surface area contributed by atoms with Crippen molar-refractivity contribution in [2.75, 3.05) is 6.61 Å². The number of hydrogen-bond acceptors (Lipinski definition) is 3. The molecule has 2 aromatic carbocycles. The summed E-state index contributed by atoms with van der Waals surface area (Å²) in [6.45, 7) is 5.58. The van der Waals surface area contributed by atoms with Crippen LogP contribution in [0.15, 0.2) is 48.5 Å². The van der Waals surface area contributed by atoms with E-state index < -0.39 is 17.8 Å². The van der Waals surface area contributed by atoms with Crippen molar-refractivity contribution in [2.45, 2.75) is 52.2 Å². The lowest BCUT2D eigenvalue weighted by molar-refractivity contribution is -0.143. The van der Waals surface area contributed by atoms with Gasteiger partial charge in [0.25, 0.3) is 5.91 Å². The van der Waals surface area contributed by atoms with Crippen LogP contribution in [0, 0.1) is 5.82 Å². The van der Waals surface area contributed by atoms with Crippen molar-refractivity contribution < 1.29 is 18.7 Å². The van der Waals surface area contributed by atoms with E-state index in [4.69, 9.17) is 16.3 Å². The normalized spacial score (nSPS) is 12.7. The first-order valence-corrected chi connectivity index (χ1v) is 10.4. The van der Waals surface area contributed by atoms with Gasteiger partial charge in [0.05, 0.1) is 0 Å². The number of benzene rings is 2. The van der Waals surface area contributed by atoms with Crippen LogP contribution in [0.1, 0.15) is 39.2 Å². The SMILES string of the molecule is CC[C@H](C)NC(=O)[C@H](CC)N(Cc1ccc(Cl)cc1)C(=O)COc1ccccc1F. The third kappa shape index (κ3) is 6.73. The van der Waals surface area contributed by atoms with Gasteiger partial charge in [-0.2, -0.15) is 0 Å². The largest absolute Gasteiger partial charge is 0.481 e. The van der Waals surface area contributed by atoms with E-state index in [0.29, 0.717) is 11.4 Å². The van der Waals surface area contributed by atoms with Gasteiger partial charge in [0.2, 0.25) is 5.91 Å². The van der Waals surface area contributed by atoms with Crippen molar-refractivity contribution in [3.05, 3.63) is 64.9 Å². The van der Waals surface area contributed by atoms with Gasteiger partial charge in [0.1, 0.15) is 6.04 Å². The molecule has 0 aliphatic heterocycles. The van der Waals surface area contributed by atoms with E-state index in [1.807, 2.05) is 20.8 Å². The summed E-state index contributed by atoms with van der Waals surface area (Å²) in [5, 5.41) is 3.52. The van der Waals surface area contributed by atoms with E-state index in [-0.39, 0.29) is 30.9 Å². The summed E-state index contributed by atoms with van der Waals surface area (Å²) in [6.07, 6.45) is 1.21. The summed E-state index contributed by atoms with van der Waals surface area (Å²) in [5.41, 5.74) is 0.827. The minimum absolute atomic E-state index is 0.00519. The van der Waals surface area contributed by atoms with Gasteiger partial charge < -0.3 is 15.0 Å². The van der Waals surface area contributed by atoms with Crippen LogP contribution < -0.4 is 10.1 Å². The summed E-state index contributed by atoms with van der Waals surface area (Å²) in [4.78, 5) is 27.3. The zero-order valence-electron chi connectivity index (χ0n) is 17.5. The molecule has 0 aromatic heterocycles. The first kappa shape index (κ1) is 23.7. The fourth-order valence-corrected chi connectivity index (χ4v) is 3.06. The van der Waals surface area contributed by atoms with Crippen molar-refractivity contribution in [3.63, 3.8) is 0 Å². The standard InChI is InChI=1S/C23H28ClFN2O3/c1-4-16(3)26-23(29)20(5-2)27(14-17-10-12-18(24)13-11-17)22(28)15-30-21-9-7-6-8-19(21)25/h6-13,16,20H,4-5,14-15H2,1-3H3,(H,26,29)/t16-,20-/m0/s1. The lowest BCUT2D eigenvalue weighted by atomic mass is 10.1. The minimum Gasteiger partial charge on any atom is -0.481 e. The van der Waals surface area contributed by atoms with E-state index in [1.54, 1.807) is 36.4 Å². The maximum absolute atomic E-state index is 13.8. The Morgan fingerprint density at radius 2 is 1.77 bits per heavy atom. The number of carbonyl (C=O) groups is 2. The summed E-state index contributed by atoms with van der Waals surface area (Å²) in [6, 6.07) is 12.3. The second kappa shape index (κ2) is 11.6. The van der Waals surface area contributed by atoms with Crippen molar-refractivity contribution in [3.8, 4) is 5.75 Å². The highest BCUT2D eigenvalue weighted by atomic mass is 35.5. The molecule has 5 nitrogen and oxygen atoms in total. The topological polar surface area (TPSA) is 58.6 Å². The Hall–Kier alpha value is -2.60. The number of rotatable bonds is 10. The molecule has 0 aliphatic rings. The highest BCUT2D eigenvalue weighted by Crippen LogP contribution is 2.18. The molecule has 30 heavy (non-hydrogen) atoms. The molecule has 2 aromatic rings. The lowest BCUT2D eigenvalue weighted by Crippen LogP contribution is -2.51. The molecule has 0 fully saturated rings. The molecule has 7 heteroatoms. The minimum atomic E-state index is -0.675. The second-order valence-electron chi connectivity index (χ2n) is 7.11. The van der Waals surface area contributed by atoms with Gasteiger partial charge in [0.15, 0.2) is 18.2 Å². The van der Waals surface area contributed by atoms with E-state index in [9.17, 15) is 14.0 Å². The molecule has 1 N–H and O–H groups in total. The Morgan fingerprint density at radius 3 is 2.37 bits per heavy atom. The summed E-state index contributed by atoms with van der Waals surface area (Å²) in [5.74, 6) is -1.18. The fraction of sp³-hybridized carbons (Fsp3) is 0.391. The number of nitrogens with zero attached hydrogens (tertiary/aromatic N) is 1. The van der Waals surface area contributed by atoms with Gasteiger partial charge in [-0.05, 0) is 49.6 Å². The number of hydrogen-bond donors (Lipinski definition) is 1. The third-order valence-corrected chi connectivity index (χ3v) is 5.09. The second-order valence-corrected chi connectivity index (χ2v) is 7.55. The number of para-hydroxylation sites is 1. The molecule has 0 spiro atoms. The molecule has 0 aliphatic carbocycles. The number of nitrogens with one attached hydrogen (secondary N) is 1. The molecule has 162 valence electrons. The zero-order valence-corrected chi connectivity index (χ0v) is 18.3. The smallest absolute Gasteiger partial charge is 0.261 e. The monoisotopic (exact) mass is 434 g/mol. The average molecular weight is 435 g/mol. The highest BCUT2D eigenvalue weighted by molar-refractivity contribution is 6.30. The maximum Gasteiger partial charge on any atom is 0.261 e. The molecular formula is C23H28ClFN2O3. The van der Waals surface area contributed by atoms with Crippen LogP contribution in [-0.4, -0.2) is 35.4 Å². The molecular weight excluding hydrogens is 407 g/mol. The summed E-state index contributed by atoms with van der Waals surface area (Å²) in [7, 11) is 0. The van der Waals surface area contributed by atoms with Crippen molar-refractivity contribution >= 4 is 23.4 Å². The van der Waals surface area contributed by atoms with Crippen LogP contribution in [0.25, 0.3) is 0 Å². The van der Waals surface area contributed by atoms with Crippen LogP contribution in [-0.2, 0) is 16.1 Å². The molecule has 0 saturated carbocycles. The van der Waals surface area contributed by atoms with Gasteiger partial charge in [-0.25, -0.2) is 4.39 Å². The lowest BCUT2D eigenvalue weighted by Gasteiger charge is -2.31. The summed E-state index contributed by atoms with van der Waals surface area (Å²) >= 11 is 5.96. The Bertz CT molecular complexity index is 845. The first-order chi connectivity index (χ1) is 14.3. The van der Waals surface area contributed by atoms with Crippen LogP contribution in [0.5, 0.6) is 5.75 Å². The van der Waals surface area contributed by atoms with Crippen molar-refractivity contribution in [1.29, 1.82) is 0 Å². The van der Waals surface area contributed by atoms with Crippen LogP contribution in [0.4, 0.5) is 4.39 Å². The fourth-order valence-electron chi connectivity index (χ4n) is 2.93. The number of carbonyl (C=O) groups excluding carboxylic acids is 2. The average Bonchev–Trinajstić information content (AvgIpc) is 2.74. The Morgan fingerprint density at radius 1 is 1.10 bits per heavy atom. The molecule has 2 rings (SSSR count). The maximum atomic E-state index is 13.8. The molecule has 2 amide bonds. The van der Waals surface area contributed by atoms with E-state index in [0.717, 1.165) is 12.0 Å². The predicted octanol–water partition coefficient (Wildman–Crippen LogP) is 4.58. The molecule has 0 bridgehead atoms. The Kier molecular flexibility index (Phi) is 9.12. The van der Waals surface area contributed by atoms with E-state index in [2.05, 4.69) is 5.32 Å².